The van der Waals surface area contributed by atoms with Gasteiger partial charge in [0, 0.05) is 12.8 Å². The highest BCUT2D eigenvalue weighted by Crippen LogP contribution is 2.26. The van der Waals surface area contributed by atoms with Gasteiger partial charge in [0.2, 0.25) is 0 Å². The molecule has 2 N–H and O–H groups in total. The van der Waals surface area contributed by atoms with Crippen LogP contribution in [0.2, 0.25) is 0 Å². The third-order valence-corrected chi connectivity index (χ3v) is 3.68. The molecule has 0 aliphatic heterocycles. The molecule has 0 unspecified atom stereocenters. The Morgan fingerprint density at radius 1 is 0.680 bits per heavy atom. The van der Waals surface area contributed by atoms with Gasteiger partial charge in [-0.1, -0.05) is 37.8 Å². The van der Waals surface area contributed by atoms with Gasteiger partial charge in [0.1, 0.15) is 0 Å². The van der Waals surface area contributed by atoms with Crippen molar-refractivity contribution in [3.05, 3.63) is 24.3 Å². The molecular weight excluding hydrogens is 324 g/mol. The van der Waals surface area contributed by atoms with Crippen molar-refractivity contribution in [2.75, 3.05) is 13.2 Å². The molecule has 0 spiro atoms. The molecule has 0 aliphatic rings. The minimum atomic E-state index is -0.823. The summed E-state index contributed by atoms with van der Waals surface area (Å²) in [4.78, 5) is 20.9. The lowest BCUT2D eigenvalue weighted by atomic mass is 10.1. The summed E-state index contributed by atoms with van der Waals surface area (Å²) in [5.41, 5.74) is 0. The molecule has 0 aliphatic carbocycles. The van der Waals surface area contributed by atoms with Crippen LogP contribution in [0.1, 0.15) is 57.8 Å². The van der Waals surface area contributed by atoms with Gasteiger partial charge in [-0.05, 0) is 31.4 Å². The predicted octanol–water partition coefficient (Wildman–Crippen LogP) is 4.12. The van der Waals surface area contributed by atoms with Crippen molar-refractivity contribution >= 4 is 11.9 Å². The zero-order valence-corrected chi connectivity index (χ0v) is 14.6. The monoisotopic (exact) mass is 352 g/mol. The number of hydrogen-bond donors (Lipinski definition) is 2. The fraction of sp³-hybridized carbons (Fsp3) is 0.579. The molecule has 0 atom stereocenters. The second-order valence-corrected chi connectivity index (χ2v) is 5.91. The van der Waals surface area contributed by atoms with E-state index in [1.54, 1.807) is 0 Å². The molecule has 1 rings (SSSR count). The van der Waals surface area contributed by atoms with Crippen LogP contribution in [0.5, 0.6) is 11.5 Å². The summed E-state index contributed by atoms with van der Waals surface area (Å²) in [5.74, 6) is -0.228. The topological polar surface area (TPSA) is 93.1 Å². The van der Waals surface area contributed by atoms with Crippen molar-refractivity contribution in [1.82, 2.24) is 0 Å². The number of carboxylic acids is 2. The molecular formula is C19H28O6. The molecule has 0 saturated carbocycles. The zero-order valence-electron chi connectivity index (χ0n) is 14.6. The van der Waals surface area contributed by atoms with Crippen molar-refractivity contribution in [3.8, 4) is 11.5 Å². The normalized spacial score (nSPS) is 10.4. The second-order valence-electron chi connectivity index (χ2n) is 5.91. The Morgan fingerprint density at radius 2 is 1.12 bits per heavy atom. The zero-order chi connectivity index (χ0) is 18.3. The van der Waals surface area contributed by atoms with E-state index in [2.05, 4.69) is 0 Å². The van der Waals surface area contributed by atoms with Gasteiger partial charge < -0.3 is 19.7 Å². The molecule has 0 amide bonds. The van der Waals surface area contributed by atoms with Gasteiger partial charge in [0.05, 0.1) is 13.2 Å². The van der Waals surface area contributed by atoms with E-state index in [4.69, 9.17) is 19.7 Å². The number of carboxylic acid groups (broad SMARTS) is 2. The summed E-state index contributed by atoms with van der Waals surface area (Å²) in [6.45, 7) is 0.952. The molecule has 140 valence electrons. The van der Waals surface area contributed by atoms with Crippen LogP contribution in [0.4, 0.5) is 0 Å². The number of benzene rings is 1. The lowest BCUT2D eigenvalue weighted by molar-refractivity contribution is -0.138. The summed E-state index contributed by atoms with van der Waals surface area (Å²) < 4.78 is 11.3. The maximum Gasteiger partial charge on any atom is 0.303 e. The standard InChI is InChI=1S/C19H28O6/c20-18(21)12-5-3-1-2-4-8-14-24-16-10-6-7-11-17(16)25-15-9-13-19(22)23/h6-7,10-11H,1-5,8-9,12-15H2,(H,20,21)(H,22,23). The minimum absolute atomic E-state index is 0.0927. The van der Waals surface area contributed by atoms with Gasteiger partial charge >= 0.3 is 11.9 Å². The third-order valence-electron chi connectivity index (χ3n) is 3.68. The Bertz CT molecular complexity index is 514. The van der Waals surface area contributed by atoms with E-state index in [9.17, 15) is 9.59 Å². The van der Waals surface area contributed by atoms with Crippen LogP contribution in [0, 0.1) is 0 Å². The second kappa shape index (κ2) is 13.1. The van der Waals surface area contributed by atoms with Crippen LogP contribution in [0.15, 0.2) is 24.3 Å². The lowest BCUT2D eigenvalue weighted by Gasteiger charge is -2.12. The van der Waals surface area contributed by atoms with Crippen molar-refractivity contribution in [2.24, 2.45) is 0 Å². The molecule has 1 aromatic carbocycles. The number of rotatable bonds is 15. The first-order valence-corrected chi connectivity index (χ1v) is 8.88. The van der Waals surface area contributed by atoms with Gasteiger partial charge in [-0.2, -0.15) is 0 Å². The first kappa shape index (κ1) is 20.8. The molecule has 0 saturated heterocycles. The Hall–Kier alpha value is -2.24. The molecule has 6 heteroatoms. The lowest BCUT2D eigenvalue weighted by Crippen LogP contribution is -2.04. The van der Waals surface area contributed by atoms with E-state index >= 15 is 0 Å². The molecule has 0 bridgehead atoms. The van der Waals surface area contributed by atoms with Crippen LogP contribution in [0.3, 0.4) is 0 Å². The first-order chi connectivity index (χ1) is 12.1. The van der Waals surface area contributed by atoms with E-state index in [0.717, 1.165) is 38.5 Å². The van der Waals surface area contributed by atoms with Gasteiger partial charge in [-0.15, -0.1) is 0 Å². The fourth-order valence-corrected chi connectivity index (χ4v) is 2.36. The van der Waals surface area contributed by atoms with E-state index in [1.165, 1.54) is 0 Å². The van der Waals surface area contributed by atoms with Crippen LogP contribution in [0.25, 0.3) is 0 Å². The fourth-order valence-electron chi connectivity index (χ4n) is 2.36. The quantitative estimate of drug-likeness (QED) is 0.461. The Kier molecular flexibility index (Phi) is 10.9. The Balaban J connectivity index is 2.13. The van der Waals surface area contributed by atoms with E-state index in [0.29, 0.717) is 31.1 Å². The largest absolute Gasteiger partial charge is 0.490 e. The number of carbonyl (C=O) groups is 2. The smallest absolute Gasteiger partial charge is 0.303 e. The molecule has 0 radical (unpaired) electrons. The van der Waals surface area contributed by atoms with Gasteiger partial charge in [-0.25, -0.2) is 0 Å². The van der Waals surface area contributed by atoms with E-state index in [-0.39, 0.29) is 12.8 Å². The molecule has 0 aromatic heterocycles. The SMILES string of the molecule is O=C(O)CCCCCCCCOc1ccccc1OCCCC(=O)O. The van der Waals surface area contributed by atoms with Crippen LogP contribution >= 0.6 is 0 Å². The molecule has 25 heavy (non-hydrogen) atoms. The summed E-state index contributed by atoms with van der Waals surface area (Å²) in [5, 5.41) is 17.2. The summed E-state index contributed by atoms with van der Waals surface area (Å²) in [6.07, 6.45) is 6.64. The molecule has 1 aromatic rings. The van der Waals surface area contributed by atoms with Crippen LogP contribution in [-0.4, -0.2) is 35.4 Å². The first-order valence-electron chi connectivity index (χ1n) is 8.88. The summed E-state index contributed by atoms with van der Waals surface area (Å²) in [6, 6.07) is 7.40. The number of unbranched alkanes of at least 4 members (excludes halogenated alkanes) is 5. The van der Waals surface area contributed by atoms with E-state index < -0.39 is 11.9 Å². The highest BCUT2D eigenvalue weighted by atomic mass is 16.5. The van der Waals surface area contributed by atoms with Gasteiger partial charge in [0.15, 0.2) is 11.5 Å². The molecule has 0 fully saturated rings. The van der Waals surface area contributed by atoms with E-state index in [1.807, 2.05) is 24.3 Å². The average Bonchev–Trinajstić information content (AvgIpc) is 2.58. The Morgan fingerprint density at radius 3 is 1.68 bits per heavy atom. The highest BCUT2D eigenvalue weighted by Gasteiger charge is 2.05. The maximum absolute atomic E-state index is 10.5. The van der Waals surface area contributed by atoms with Gasteiger partial charge in [-0.3, -0.25) is 9.59 Å². The average molecular weight is 352 g/mol. The molecule has 0 heterocycles. The summed E-state index contributed by atoms with van der Waals surface area (Å²) in [7, 11) is 0. The highest BCUT2D eigenvalue weighted by molar-refractivity contribution is 5.66. The number of ether oxygens (including phenoxy) is 2. The Labute approximate surface area is 148 Å². The van der Waals surface area contributed by atoms with Crippen LogP contribution < -0.4 is 9.47 Å². The van der Waals surface area contributed by atoms with Crippen molar-refractivity contribution < 1.29 is 29.3 Å². The number of aliphatic carboxylic acids is 2. The van der Waals surface area contributed by atoms with Crippen molar-refractivity contribution in [3.63, 3.8) is 0 Å². The number of hydrogen-bond acceptors (Lipinski definition) is 4. The summed E-state index contributed by atoms with van der Waals surface area (Å²) >= 11 is 0. The van der Waals surface area contributed by atoms with Crippen molar-refractivity contribution in [2.45, 2.75) is 57.8 Å². The maximum atomic E-state index is 10.5. The van der Waals surface area contributed by atoms with Crippen LogP contribution in [-0.2, 0) is 9.59 Å². The third kappa shape index (κ3) is 11.0. The predicted molar refractivity (Wildman–Crippen MR) is 94.3 cm³/mol. The van der Waals surface area contributed by atoms with Gasteiger partial charge in [0.25, 0.3) is 0 Å². The van der Waals surface area contributed by atoms with Crippen molar-refractivity contribution in [1.29, 1.82) is 0 Å². The number of para-hydroxylation sites is 2. The minimum Gasteiger partial charge on any atom is -0.490 e. The molecule has 6 nitrogen and oxygen atoms in total.